The molecule has 0 N–H and O–H groups in total. The number of halogens is 3. The van der Waals surface area contributed by atoms with Gasteiger partial charge >= 0.3 is 0 Å². The third-order valence-electron chi connectivity index (χ3n) is 6.63. The fourth-order valence-electron chi connectivity index (χ4n) is 4.71. The summed E-state index contributed by atoms with van der Waals surface area (Å²) < 4.78 is 28.5. The molecular formula is C31H29BrCl2N2O5S. The lowest BCUT2D eigenvalue weighted by molar-refractivity contribution is -0.124. The van der Waals surface area contributed by atoms with Crippen LogP contribution in [0, 0.1) is 0 Å². The molecule has 0 bridgehead atoms. The minimum absolute atomic E-state index is 0.138. The highest BCUT2D eigenvalue weighted by atomic mass is 79.9. The Morgan fingerprint density at radius 1 is 0.976 bits per heavy atom. The predicted octanol–water partition coefficient (Wildman–Crippen LogP) is 7.31. The fraction of sp³-hybridized carbons (Fsp3) is 0.258. The number of Topliss-reactive ketones (excluding diaryl/α,β-unsaturated/α-hetero) is 1. The van der Waals surface area contributed by atoms with Gasteiger partial charge in [0.15, 0.2) is 5.78 Å². The number of hydrogen-bond donors (Lipinski definition) is 0. The van der Waals surface area contributed by atoms with Crippen LogP contribution >= 0.6 is 39.1 Å². The van der Waals surface area contributed by atoms with Crippen LogP contribution < -0.4 is 4.90 Å². The Balaban J connectivity index is 1.65. The van der Waals surface area contributed by atoms with Crippen molar-refractivity contribution in [1.29, 1.82) is 0 Å². The molecule has 7 nitrogen and oxygen atoms in total. The van der Waals surface area contributed by atoms with Crippen molar-refractivity contribution in [3.8, 4) is 0 Å². The summed E-state index contributed by atoms with van der Waals surface area (Å²) in [6, 6.07) is 18.6. The van der Waals surface area contributed by atoms with Crippen LogP contribution in [0.5, 0.6) is 0 Å². The number of ketones is 1. The number of hydrogen-bond acceptors (Lipinski definition) is 5. The van der Waals surface area contributed by atoms with Gasteiger partial charge in [-0.15, -0.1) is 0 Å². The highest BCUT2D eigenvalue weighted by molar-refractivity contribution is 9.10. The van der Waals surface area contributed by atoms with Gasteiger partial charge in [-0.3, -0.25) is 14.4 Å². The molecule has 1 aliphatic heterocycles. The van der Waals surface area contributed by atoms with Crippen LogP contribution in [0.1, 0.15) is 55.1 Å². The van der Waals surface area contributed by atoms with E-state index in [2.05, 4.69) is 15.9 Å². The van der Waals surface area contributed by atoms with E-state index < -0.39 is 27.3 Å². The van der Waals surface area contributed by atoms with Gasteiger partial charge in [0.25, 0.3) is 15.9 Å². The van der Waals surface area contributed by atoms with E-state index in [0.29, 0.717) is 23.6 Å². The number of carbonyl (C=O) groups is 3. The third kappa shape index (κ3) is 7.14. The van der Waals surface area contributed by atoms with E-state index >= 15 is 0 Å². The van der Waals surface area contributed by atoms with E-state index in [1.54, 1.807) is 45.0 Å². The summed E-state index contributed by atoms with van der Waals surface area (Å²) in [5.41, 5.74) is 0.856. The minimum atomic E-state index is -4.13. The SMILES string of the molecule is CC(C)(C)N1C(=O)C=C(c2cccc(N(CC(=O)c3ccc(Cl)cc3Cl)C(=O)CCCc3ccc(Br)cc3)c2)S1(=O)=O. The van der Waals surface area contributed by atoms with Crippen molar-refractivity contribution in [3.05, 3.63) is 104 Å². The monoisotopic (exact) mass is 690 g/mol. The second kappa shape index (κ2) is 12.7. The molecule has 0 saturated heterocycles. The summed E-state index contributed by atoms with van der Waals surface area (Å²) >= 11 is 15.7. The maximum atomic E-state index is 13.6. The lowest BCUT2D eigenvalue weighted by Crippen LogP contribution is -2.45. The number of rotatable bonds is 9. The Morgan fingerprint density at radius 2 is 1.67 bits per heavy atom. The van der Waals surface area contributed by atoms with E-state index in [0.717, 1.165) is 20.4 Å². The second-order valence-corrected chi connectivity index (χ2v) is 14.4. The first kappa shape index (κ1) is 31.9. The fourth-order valence-corrected chi connectivity index (χ4v) is 7.37. The van der Waals surface area contributed by atoms with Gasteiger partial charge in [0.05, 0.1) is 17.1 Å². The standard InChI is InChI=1S/C31H29BrCl2N2O5S/c1-31(2,3)36-30(39)18-28(42(36,40)41)21-7-5-8-24(16-21)35(19-27(37)25-15-14-23(33)17-26(25)34)29(38)9-4-6-20-10-12-22(32)13-11-20/h5,7-8,10-18H,4,6,9,19H2,1-3H3. The summed E-state index contributed by atoms with van der Waals surface area (Å²) in [6.45, 7) is 4.58. The average molecular weight is 692 g/mol. The Bertz CT molecular complexity index is 1680. The van der Waals surface area contributed by atoms with Crippen molar-refractivity contribution >= 4 is 77.3 Å². The van der Waals surface area contributed by atoms with Crippen molar-refractivity contribution in [2.45, 2.75) is 45.6 Å². The first-order chi connectivity index (χ1) is 19.7. The normalized spacial score (nSPS) is 14.6. The lowest BCUT2D eigenvalue weighted by Gasteiger charge is -2.30. The van der Waals surface area contributed by atoms with Gasteiger partial charge < -0.3 is 4.90 Å². The molecule has 3 aromatic rings. The molecule has 0 spiro atoms. The first-order valence-corrected chi connectivity index (χ1v) is 16.1. The predicted molar refractivity (Wildman–Crippen MR) is 170 cm³/mol. The maximum Gasteiger partial charge on any atom is 0.268 e. The van der Waals surface area contributed by atoms with E-state index in [-0.39, 0.29) is 39.9 Å². The molecule has 220 valence electrons. The third-order valence-corrected chi connectivity index (χ3v) is 9.82. The second-order valence-electron chi connectivity index (χ2n) is 10.8. The molecule has 0 aromatic heterocycles. The summed E-state index contributed by atoms with van der Waals surface area (Å²) in [4.78, 5) is 40.8. The number of amides is 2. The van der Waals surface area contributed by atoms with Crippen molar-refractivity contribution in [2.75, 3.05) is 11.4 Å². The quantitative estimate of drug-likeness (QED) is 0.220. The zero-order valence-electron chi connectivity index (χ0n) is 23.2. The van der Waals surface area contributed by atoms with Gasteiger partial charge in [-0.05, 0) is 87.2 Å². The van der Waals surface area contributed by atoms with Gasteiger partial charge in [-0.2, -0.15) is 0 Å². The van der Waals surface area contributed by atoms with Crippen LogP contribution in [-0.2, 0) is 26.0 Å². The van der Waals surface area contributed by atoms with Crippen LogP contribution in [0.15, 0.2) is 77.3 Å². The smallest absolute Gasteiger partial charge is 0.268 e. The van der Waals surface area contributed by atoms with Crippen LogP contribution in [0.2, 0.25) is 10.0 Å². The molecule has 3 aromatic carbocycles. The molecule has 1 aliphatic rings. The van der Waals surface area contributed by atoms with Crippen molar-refractivity contribution in [2.24, 2.45) is 0 Å². The Morgan fingerprint density at radius 3 is 2.29 bits per heavy atom. The topological polar surface area (TPSA) is 91.8 Å². The average Bonchev–Trinajstić information content (AvgIpc) is 3.16. The van der Waals surface area contributed by atoms with Crippen molar-refractivity contribution in [3.63, 3.8) is 0 Å². The first-order valence-electron chi connectivity index (χ1n) is 13.1. The van der Waals surface area contributed by atoms with Crippen molar-refractivity contribution < 1.29 is 22.8 Å². The van der Waals surface area contributed by atoms with Crippen LogP contribution in [0.25, 0.3) is 4.91 Å². The lowest BCUT2D eigenvalue weighted by atomic mass is 10.1. The van der Waals surface area contributed by atoms with E-state index in [9.17, 15) is 22.8 Å². The largest absolute Gasteiger partial charge is 0.305 e. The van der Waals surface area contributed by atoms with Gasteiger partial charge in [0.2, 0.25) is 5.91 Å². The summed E-state index contributed by atoms with van der Waals surface area (Å²) in [5.74, 6) is -1.38. The van der Waals surface area contributed by atoms with E-state index in [4.69, 9.17) is 23.2 Å². The van der Waals surface area contributed by atoms with Gasteiger partial charge in [-0.25, -0.2) is 12.7 Å². The van der Waals surface area contributed by atoms with E-state index in [1.807, 2.05) is 24.3 Å². The molecule has 0 aliphatic carbocycles. The number of sulfonamides is 1. The van der Waals surface area contributed by atoms with Gasteiger partial charge in [-0.1, -0.05) is 63.4 Å². The number of benzene rings is 3. The zero-order chi connectivity index (χ0) is 30.8. The van der Waals surface area contributed by atoms with E-state index in [1.165, 1.54) is 23.1 Å². The number of nitrogens with zero attached hydrogens (tertiary/aromatic N) is 2. The Kier molecular flexibility index (Phi) is 9.67. The summed E-state index contributed by atoms with van der Waals surface area (Å²) in [6.07, 6.45) is 2.41. The number of anilines is 1. The molecule has 0 fully saturated rings. The Hall–Kier alpha value is -2.98. The van der Waals surface area contributed by atoms with Crippen LogP contribution in [-0.4, -0.2) is 42.4 Å². The molecule has 0 unspecified atom stereocenters. The van der Waals surface area contributed by atoms with Gasteiger partial charge in [0.1, 0.15) is 4.91 Å². The van der Waals surface area contributed by atoms with Crippen molar-refractivity contribution in [1.82, 2.24) is 4.31 Å². The molecule has 42 heavy (non-hydrogen) atoms. The molecule has 11 heteroatoms. The molecule has 2 amide bonds. The molecular weight excluding hydrogens is 663 g/mol. The number of aryl methyl sites for hydroxylation is 1. The zero-order valence-corrected chi connectivity index (χ0v) is 27.1. The highest BCUT2D eigenvalue weighted by Crippen LogP contribution is 2.36. The molecule has 0 radical (unpaired) electrons. The molecule has 0 atom stereocenters. The van der Waals surface area contributed by atoms with Crippen LogP contribution in [0.3, 0.4) is 0 Å². The summed E-state index contributed by atoms with van der Waals surface area (Å²) in [5, 5.41) is 0.530. The maximum absolute atomic E-state index is 13.6. The van der Waals surface area contributed by atoms with Crippen LogP contribution in [0.4, 0.5) is 5.69 Å². The minimum Gasteiger partial charge on any atom is -0.305 e. The Labute approximate surface area is 264 Å². The highest BCUT2D eigenvalue weighted by Gasteiger charge is 2.44. The molecule has 1 heterocycles. The van der Waals surface area contributed by atoms with Gasteiger partial charge in [0, 0.05) is 33.2 Å². The summed E-state index contributed by atoms with van der Waals surface area (Å²) in [7, 11) is -4.13. The molecule has 4 rings (SSSR count). The molecule has 0 saturated carbocycles. The number of carbonyl (C=O) groups excluding carboxylic acids is 3.